The van der Waals surface area contributed by atoms with Crippen LogP contribution in [0.3, 0.4) is 0 Å². The van der Waals surface area contributed by atoms with E-state index in [0.717, 1.165) is 13.0 Å². The van der Waals surface area contributed by atoms with Gasteiger partial charge >= 0.3 is 5.69 Å². The summed E-state index contributed by atoms with van der Waals surface area (Å²) in [6, 6.07) is 2.61. The van der Waals surface area contributed by atoms with Crippen molar-refractivity contribution >= 4 is 17.0 Å². The van der Waals surface area contributed by atoms with Crippen molar-refractivity contribution in [1.29, 1.82) is 0 Å². The Balaban J connectivity index is 1.85. The van der Waals surface area contributed by atoms with Crippen LogP contribution in [0.25, 0.3) is 0 Å². The zero-order valence-corrected chi connectivity index (χ0v) is 13.2. The molecule has 21 heavy (non-hydrogen) atoms. The van der Waals surface area contributed by atoms with E-state index in [2.05, 4.69) is 23.5 Å². The molecule has 0 saturated heterocycles. The molecule has 112 valence electrons. The molecule has 0 spiro atoms. The first-order valence-corrected chi connectivity index (χ1v) is 7.96. The third kappa shape index (κ3) is 2.36. The summed E-state index contributed by atoms with van der Waals surface area (Å²) >= 11 is 1.83. The van der Waals surface area contributed by atoms with Gasteiger partial charge in [-0.25, -0.2) is 4.68 Å². The number of hydrogen-bond donors (Lipinski definition) is 1. The molecule has 7 heteroatoms. The monoisotopic (exact) mass is 307 g/mol. The molecule has 0 radical (unpaired) electrons. The number of fused-ring (bicyclic) bond motifs is 1. The lowest BCUT2D eigenvalue weighted by molar-refractivity contribution is -0.954. The van der Waals surface area contributed by atoms with Gasteiger partial charge in [0.1, 0.15) is 17.4 Å². The molecule has 0 fully saturated rings. The molecule has 0 aromatic carbocycles. The van der Waals surface area contributed by atoms with Crippen molar-refractivity contribution < 1.29 is 9.82 Å². The highest BCUT2D eigenvalue weighted by molar-refractivity contribution is 7.10. The SMILES string of the molecule is Cc1nn(C[NH+]2CCc3sccc3[C@H]2C)c(C)c1[N+](=O)[O-]. The van der Waals surface area contributed by atoms with E-state index in [-0.39, 0.29) is 10.6 Å². The maximum absolute atomic E-state index is 11.1. The number of nitro groups is 1. The molecule has 0 saturated carbocycles. The summed E-state index contributed by atoms with van der Waals surface area (Å²) < 4.78 is 1.79. The molecule has 3 heterocycles. The van der Waals surface area contributed by atoms with Crippen molar-refractivity contribution in [3.8, 4) is 0 Å². The molecular formula is C14H19N4O2S+. The molecule has 1 aliphatic heterocycles. The zero-order chi connectivity index (χ0) is 15.1. The Labute approximate surface area is 127 Å². The second kappa shape index (κ2) is 5.23. The van der Waals surface area contributed by atoms with Gasteiger partial charge in [0.15, 0.2) is 6.67 Å². The topological polar surface area (TPSA) is 65.4 Å². The van der Waals surface area contributed by atoms with E-state index in [9.17, 15) is 10.1 Å². The van der Waals surface area contributed by atoms with Gasteiger partial charge in [-0.15, -0.1) is 11.3 Å². The molecule has 1 N–H and O–H groups in total. The highest BCUT2D eigenvalue weighted by Crippen LogP contribution is 2.25. The second-order valence-corrected chi connectivity index (χ2v) is 6.61. The Morgan fingerprint density at radius 1 is 1.57 bits per heavy atom. The van der Waals surface area contributed by atoms with Gasteiger partial charge < -0.3 is 4.90 Å². The average molecular weight is 307 g/mol. The van der Waals surface area contributed by atoms with Crippen LogP contribution in [0.4, 0.5) is 5.69 Å². The predicted molar refractivity (Wildman–Crippen MR) is 80.6 cm³/mol. The Kier molecular flexibility index (Phi) is 3.54. The number of quaternary nitrogens is 1. The minimum atomic E-state index is -0.333. The highest BCUT2D eigenvalue weighted by atomic mass is 32.1. The van der Waals surface area contributed by atoms with E-state index in [1.165, 1.54) is 15.3 Å². The van der Waals surface area contributed by atoms with Crippen LogP contribution in [0, 0.1) is 24.0 Å². The number of aryl methyl sites for hydroxylation is 1. The molecular weight excluding hydrogens is 288 g/mol. The standard InChI is InChI=1S/C14H18N4O2S/c1-9-14(18(19)20)11(3)17(15-9)8-16-6-4-13-12(10(16)2)5-7-21-13/h5,7,10H,4,6,8H2,1-3H3/p+1/t10-/m1/s1. The molecule has 2 atom stereocenters. The Hall–Kier alpha value is -1.73. The van der Waals surface area contributed by atoms with Crippen molar-refractivity contribution in [2.45, 2.75) is 39.9 Å². The molecule has 1 unspecified atom stereocenters. The van der Waals surface area contributed by atoms with Gasteiger partial charge in [0.2, 0.25) is 0 Å². The summed E-state index contributed by atoms with van der Waals surface area (Å²) in [5.74, 6) is 0. The molecule has 6 nitrogen and oxygen atoms in total. The number of hydrogen-bond acceptors (Lipinski definition) is 4. The molecule has 2 aromatic heterocycles. The quantitative estimate of drug-likeness (QED) is 0.692. The van der Waals surface area contributed by atoms with Crippen LogP contribution in [0.15, 0.2) is 11.4 Å². The highest BCUT2D eigenvalue weighted by Gasteiger charge is 2.30. The van der Waals surface area contributed by atoms with Crippen LogP contribution in [-0.2, 0) is 13.1 Å². The van der Waals surface area contributed by atoms with Crippen molar-refractivity contribution in [3.63, 3.8) is 0 Å². The fourth-order valence-corrected chi connectivity index (χ4v) is 4.14. The minimum absolute atomic E-state index is 0.148. The fraction of sp³-hybridized carbons (Fsp3) is 0.500. The Morgan fingerprint density at radius 3 is 3.00 bits per heavy atom. The first-order chi connectivity index (χ1) is 9.99. The van der Waals surface area contributed by atoms with Gasteiger partial charge in [0.05, 0.1) is 11.5 Å². The molecule has 2 aromatic rings. The van der Waals surface area contributed by atoms with Crippen LogP contribution in [0.1, 0.15) is 34.8 Å². The van der Waals surface area contributed by atoms with Gasteiger partial charge in [0, 0.05) is 16.9 Å². The summed E-state index contributed by atoms with van der Waals surface area (Å²) in [5, 5.41) is 17.6. The van der Waals surface area contributed by atoms with Crippen LogP contribution < -0.4 is 4.90 Å². The summed E-state index contributed by atoms with van der Waals surface area (Å²) in [6.45, 7) is 7.42. The lowest BCUT2D eigenvalue weighted by atomic mass is 10.0. The smallest absolute Gasteiger partial charge is 0.310 e. The van der Waals surface area contributed by atoms with Gasteiger partial charge in [-0.3, -0.25) is 10.1 Å². The van der Waals surface area contributed by atoms with E-state index >= 15 is 0 Å². The lowest BCUT2D eigenvalue weighted by Crippen LogP contribution is -3.12. The number of thiophene rings is 1. The predicted octanol–water partition coefficient (Wildman–Crippen LogP) is 1.63. The molecule has 0 amide bonds. The number of nitrogens with one attached hydrogen (secondary N) is 1. The third-order valence-electron chi connectivity index (χ3n) is 4.41. The number of rotatable bonds is 3. The van der Waals surface area contributed by atoms with E-state index in [0.29, 0.717) is 24.1 Å². The van der Waals surface area contributed by atoms with Crippen LogP contribution >= 0.6 is 11.3 Å². The van der Waals surface area contributed by atoms with Gasteiger partial charge in [0.25, 0.3) is 0 Å². The van der Waals surface area contributed by atoms with Crippen LogP contribution in [0.5, 0.6) is 0 Å². The normalized spacial score (nSPS) is 21.3. The van der Waals surface area contributed by atoms with E-state index in [1.54, 1.807) is 18.5 Å². The van der Waals surface area contributed by atoms with Crippen molar-refractivity contribution in [1.82, 2.24) is 9.78 Å². The largest absolute Gasteiger partial charge is 0.312 e. The van der Waals surface area contributed by atoms with Crippen molar-refractivity contribution in [2.24, 2.45) is 0 Å². The van der Waals surface area contributed by atoms with Gasteiger partial charge in [-0.1, -0.05) is 0 Å². The summed E-state index contributed by atoms with van der Waals surface area (Å²) in [7, 11) is 0. The zero-order valence-electron chi connectivity index (χ0n) is 12.4. The maximum atomic E-state index is 11.1. The van der Waals surface area contributed by atoms with Crippen LogP contribution in [0.2, 0.25) is 0 Å². The molecule has 0 bridgehead atoms. The van der Waals surface area contributed by atoms with E-state index < -0.39 is 0 Å². The first kappa shape index (κ1) is 14.2. The maximum Gasteiger partial charge on any atom is 0.312 e. The number of aromatic nitrogens is 2. The lowest BCUT2D eigenvalue weighted by Gasteiger charge is -2.30. The van der Waals surface area contributed by atoms with Gasteiger partial charge in [-0.2, -0.15) is 5.10 Å². The van der Waals surface area contributed by atoms with E-state index in [1.807, 2.05) is 11.3 Å². The summed E-state index contributed by atoms with van der Waals surface area (Å²) in [4.78, 5) is 13.6. The summed E-state index contributed by atoms with van der Waals surface area (Å²) in [5.41, 5.74) is 2.71. The minimum Gasteiger partial charge on any atom is -0.310 e. The molecule has 3 rings (SSSR count). The van der Waals surface area contributed by atoms with E-state index in [4.69, 9.17) is 0 Å². The van der Waals surface area contributed by atoms with Crippen molar-refractivity contribution in [3.05, 3.63) is 43.4 Å². The number of nitrogens with zero attached hydrogens (tertiary/aromatic N) is 3. The van der Waals surface area contributed by atoms with Crippen LogP contribution in [-0.4, -0.2) is 21.2 Å². The Morgan fingerprint density at radius 2 is 2.33 bits per heavy atom. The Bertz CT molecular complexity index is 691. The second-order valence-electron chi connectivity index (χ2n) is 5.61. The average Bonchev–Trinajstić information content (AvgIpc) is 2.99. The molecule has 0 aliphatic carbocycles. The first-order valence-electron chi connectivity index (χ1n) is 7.08. The third-order valence-corrected chi connectivity index (χ3v) is 5.41. The van der Waals surface area contributed by atoms with Gasteiger partial charge in [-0.05, 0) is 32.2 Å². The van der Waals surface area contributed by atoms with Crippen molar-refractivity contribution in [2.75, 3.05) is 6.54 Å². The fourth-order valence-electron chi connectivity index (χ4n) is 3.16. The summed E-state index contributed by atoms with van der Waals surface area (Å²) in [6.07, 6.45) is 1.08. The molecule has 1 aliphatic rings.